The smallest absolute Gasteiger partial charge is 0.274 e. The first-order chi connectivity index (χ1) is 9.69. The SMILES string of the molecule is CNc1ccc(C(=O)N2CCC3CCC(C2)N3C)nn1. The molecule has 3 rings (SSSR count). The van der Waals surface area contributed by atoms with Crippen LogP contribution in [0.15, 0.2) is 12.1 Å². The third-order valence-corrected chi connectivity index (χ3v) is 4.58. The summed E-state index contributed by atoms with van der Waals surface area (Å²) in [7, 11) is 3.96. The number of nitrogens with zero attached hydrogens (tertiary/aromatic N) is 4. The normalized spacial score (nSPS) is 26.4. The van der Waals surface area contributed by atoms with Gasteiger partial charge in [-0.05, 0) is 38.4 Å². The number of aromatic nitrogens is 2. The number of amides is 1. The van der Waals surface area contributed by atoms with Crippen LogP contribution >= 0.6 is 0 Å². The monoisotopic (exact) mass is 275 g/mol. The molecule has 2 atom stereocenters. The Morgan fingerprint density at radius 3 is 2.75 bits per heavy atom. The maximum atomic E-state index is 12.5. The number of hydrogen-bond donors (Lipinski definition) is 1. The number of hydrogen-bond acceptors (Lipinski definition) is 5. The van der Waals surface area contributed by atoms with Gasteiger partial charge in [0, 0.05) is 32.2 Å². The molecule has 2 aliphatic rings. The molecule has 1 N–H and O–H groups in total. The first kappa shape index (κ1) is 13.3. The van der Waals surface area contributed by atoms with Crippen molar-refractivity contribution in [3.05, 3.63) is 17.8 Å². The van der Waals surface area contributed by atoms with Crippen molar-refractivity contribution in [2.24, 2.45) is 0 Å². The Labute approximate surface area is 119 Å². The van der Waals surface area contributed by atoms with E-state index in [-0.39, 0.29) is 5.91 Å². The highest BCUT2D eigenvalue weighted by Crippen LogP contribution is 2.28. The summed E-state index contributed by atoms with van der Waals surface area (Å²) >= 11 is 0. The number of rotatable bonds is 2. The van der Waals surface area contributed by atoms with Crippen LogP contribution in [0, 0.1) is 0 Å². The van der Waals surface area contributed by atoms with Crippen LogP contribution in [0.25, 0.3) is 0 Å². The summed E-state index contributed by atoms with van der Waals surface area (Å²) in [5.74, 6) is 0.678. The van der Waals surface area contributed by atoms with Crippen LogP contribution in [0.2, 0.25) is 0 Å². The van der Waals surface area contributed by atoms with E-state index in [1.165, 1.54) is 12.8 Å². The number of likely N-dealkylation sites (tertiary alicyclic amines) is 1. The molecule has 2 saturated heterocycles. The van der Waals surface area contributed by atoms with Gasteiger partial charge in [0.15, 0.2) is 5.69 Å². The number of fused-ring (bicyclic) bond motifs is 2. The average molecular weight is 275 g/mol. The fourth-order valence-corrected chi connectivity index (χ4v) is 3.23. The Balaban J connectivity index is 1.73. The molecule has 2 fully saturated rings. The summed E-state index contributed by atoms with van der Waals surface area (Å²) < 4.78 is 0. The Hall–Kier alpha value is -1.69. The lowest BCUT2D eigenvalue weighted by atomic mass is 10.1. The van der Waals surface area contributed by atoms with Crippen LogP contribution in [0.3, 0.4) is 0 Å². The van der Waals surface area contributed by atoms with Gasteiger partial charge in [-0.3, -0.25) is 9.69 Å². The topological polar surface area (TPSA) is 61.4 Å². The molecule has 2 unspecified atom stereocenters. The largest absolute Gasteiger partial charge is 0.372 e. The van der Waals surface area contributed by atoms with Gasteiger partial charge in [0.05, 0.1) is 0 Å². The number of carbonyl (C=O) groups excluding carboxylic acids is 1. The molecular weight excluding hydrogens is 254 g/mol. The number of anilines is 1. The van der Waals surface area contributed by atoms with Crippen molar-refractivity contribution in [2.75, 3.05) is 32.5 Å². The van der Waals surface area contributed by atoms with Crippen molar-refractivity contribution in [3.63, 3.8) is 0 Å². The summed E-state index contributed by atoms with van der Waals surface area (Å²) in [5, 5.41) is 10.9. The molecule has 1 amide bonds. The summed E-state index contributed by atoms with van der Waals surface area (Å²) in [5.41, 5.74) is 0.435. The third kappa shape index (κ3) is 2.35. The van der Waals surface area contributed by atoms with Crippen molar-refractivity contribution in [2.45, 2.75) is 31.3 Å². The Bertz CT molecular complexity index is 489. The van der Waals surface area contributed by atoms with E-state index in [0.717, 1.165) is 19.5 Å². The van der Waals surface area contributed by atoms with Gasteiger partial charge in [-0.2, -0.15) is 0 Å². The predicted octanol–water partition coefficient (Wildman–Crippen LogP) is 0.827. The van der Waals surface area contributed by atoms with Gasteiger partial charge in [0.2, 0.25) is 0 Å². The minimum atomic E-state index is 0.00102. The van der Waals surface area contributed by atoms with E-state index in [1.807, 2.05) is 4.90 Å². The first-order valence-corrected chi connectivity index (χ1v) is 7.21. The van der Waals surface area contributed by atoms with Gasteiger partial charge in [-0.25, -0.2) is 0 Å². The standard InChI is InChI=1S/C14H21N5O/c1-15-13-6-5-12(16-17-13)14(20)19-8-7-10-3-4-11(9-19)18(10)2/h5-6,10-11H,3-4,7-9H2,1-2H3,(H,15,17). The highest BCUT2D eigenvalue weighted by atomic mass is 16.2. The molecule has 108 valence electrons. The summed E-state index contributed by atoms with van der Waals surface area (Å²) in [6.45, 7) is 1.63. The van der Waals surface area contributed by atoms with Crippen LogP contribution in [0.1, 0.15) is 29.8 Å². The highest BCUT2D eigenvalue weighted by molar-refractivity contribution is 5.92. The Morgan fingerprint density at radius 2 is 2.05 bits per heavy atom. The van der Waals surface area contributed by atoms with Crippen molar-refractivity contribution < 1.29 is 4.79 Å². The molecule has 2 bridgehead atoms. The molecule has 6 nitrogen and oxygen atoms in total. The lowest BCUT2D eigenvalue weighted by Crippen LogP contribution is -2.40. The first-order valence-electron chi connectivity index (χ1n) is 7.21. The Morgan fingerprint density at radius 1 is 1.25 bits per heavy atom. The molecule has 1 aromatic heterocycles. The number of likely N-dealkylation sites (N-methyl/N-ethyl adjacent to an activating group) is 1. The minimum absolute atomic E-state index is 0.00102. The Kier molecular flexibility index (Phi) is 3.56. The average Bonchev–Trinajstić information content (AvgIpc) is 2.72. The molecule has 0 radical (unpaired) electrons. The minimum Gasteiger partial charge on any atom is -0.372 e. The van der Waals surface area contributed by atoms with Gasteiger partial charge < -0.3 is 10.2 Å². The van der Waals surface area contributed by atoms with Crippen LogP contribution in [0.4, 0.5) is 5.82 Å². The second kappa shape index (κ2) is 5.36. The van der Waals surface area contributed by atoms with Crippen molar-refractivity contribution in [1.82, 2.24) is 20.0 Å². The maximum absolute atomic E-state index is 12.5. The molecule has 6 heteroatoms. The van der Waals surface area contributed by atoms with E-state index in [2.05, 4.69) is 27.5 Å². The van der Waals surface area contributed by atoms with Gasteiger partial charge in [-0.15, -0.1) is 10.2 Å². The van der Waals surface area contributed by atoms with Crippen LogP contribution in [-0.4, -0.2) is 65.2 Å². The van der Waals surface area contributed by atoms with Crippen molar-refractivity contribution in [1.29, 1.82) is 0 Å². The zero-order valence-corrected chi connectivity index (χ0v) is 12.0. The molecule has 1 aromatic rings. The van der Waals surface area contributed by atoms with Gasteiger partial charge in [-0.1, -0.05) is 0 Å². The van der Waals surface area contributed by atoms with Crippen LogP contribution in [-0.2, 0) is 0 Å². The quantitative estimate of drug-likeness (QED) is 0.866. The second-order valence-electron chi connectivity index (χ2n) is 5.64. The molecule has 3 heterocycles. The van der Waals surface area contributed by atoms with Crippen LogP contribution in [0.5, 0.6) is 0 Å². The molecule has 0 aromatic carbocycles. The van der Waals surface area contributed by atoms with Crippen molar-refractivity contribution in [3.8, 4) is 0 Å². The molecule has 0 spiro atoms. The zero-order valence-electron chi connectivity index (χ0n) is 12.0. The fraction of sp³-hybridized carbons (Fsp3) is 0.643. The molecular formula is C14H21N5O. The lowest BCUT2D eigenvalue weighted by molar-refractivity contribution is 0.0733. The number of carbonyl (C=O) groups is 1. The van der Waals surface area contributed by atoms with Gasteiger partial charge in [0.1, 0.15) is 5.82 Å². The van der Waals surface area contributed by atoms with E-state index in [4.69, 9.17) is 0 Å². The summed E-state index contributed by atoms with van der Waals surface area (Å²) in [6, 6.07) is 4.66. The molecule has 0 saturated carbocycles. The van der Waals surface area contributed by atoms with Gasteiger partial charge >= 0.3 is 0 Å². The van der Waals surface area contributed by atoms with E-state index in [1.54, 1.807) is 19.2 Å². The fourth-order valence-electron chi connectivity index (χ4n) is 3.23. The van der Waals surface area contributed by atoms with E-state index in [9.17, 15) is 4.79 Å². The van der Waals surface area contributed by atoms with E-state index in [0.29, 0.717) is 23.6 Å². The molecule has 2 aliphatic heterocycles. The zero-order chi connectivity index (χ0) is 14.1. The second-order valence-corrected chi connectivity index (χ2v) is 5.64. The van der Waals surface area contributed by atoms with Gasteiger partial charge in [0.25, 0.3) is 5.91 Å². The summed E-state index contributed by atoms with van der Waals surface area (Å²) in [6.07, 6.45) is 3.51. The van der Waals surface area contributed by atoms with Crippen molar-refractivity contribution >= 4 is 11.7 Å². The third-order valence-electron chi connectivity index (χ3n) is 4.58. The molecule has 20 heavy (non-hydrogen) atoms. The lowest BCUT2D eigenvalue weighted by Gasteiger charge is -2.25. The predicted molar refractivity (Wildman–Crippen MR) is 76.7 cm³/mol. The van der Waals surface area contributed by atoms with Crippen LogP contribution < -0.4 is 5.32 Å². The summed E-state index contributed by atoms with van der Waals surface area (Å²) in [4.78, 5) is 16.9. The highest BCUT2D eigenvalue weighted by Gasteiger charge is 2.36. The van der Waals surface area contributed by atoms with E-state index >= 15 is 0 Å². The molecule has 0 aliphatic carbocycles. The number of nitrogens with one attached hydrogen (secondary N) is 1. The van der Waals surface area contributed by atoms with E-state index < -0.39 is 0 Å². The maximum Gasteiger partial charge on any atom is 0.274 e.